The molecule has 0 N–H and O–H groups in total. The fourth-order valence-electron chi connectivity index (χ4n) is 3.12. The number of hydrogen-bond acceptors (Lipinski definition) is 0. The second-order valence-corrected chi connectivity index (χ2v) is 8.42. The third kappa shape index (κ3) is 5.05. The normalized spacial score (nSPS) is 13.0. The summed E-state index contributed by atoms with van der Waals surface area (Å²) in [5.41, 5.74) is 6.67. The van der Waals surface area contributed by atoms with Gasteiger partial charge in [0, 0.05) is 5.54 Å². The molecule has 0 bridgehead atoms. The second-order valence-electron chi connectivity index (χ2n) is 5.69. The zero-order valence-electron chi connectivity index (χ0n) is 13.9. The Labute approximate surface area is 179 Å². The average Bonchev–Trinajstić information content (AvgIpc) is 3.17. The van der Waals surface area contributed by atoms with Gasteiger partial charge in [-0.05, 0) is 22.3 Å². The van der Waals surface area contributed by atoms with Crippen LogP contribution in [0.3, 0.4) is 0 Å². The van der Waals surface area contributed by atoms with Crippen LogP contribution < -0.4 is 24.8 Å². The molecule has 0 saturated heterocycles. The number of benzene rings is 2. The van der Waals surface area contributed by atoms with E-state index in [2.05, 4.69) is 73.8 Å². The fraction of sp³-hybridized carbons (Fsp3) is 0.200. The van der Waals surface area contributed by atoms with E-state index in [-0.39, 0.29) is 59.8 Å². The standard InChI is InChI=1S/C15H15Si.C5H5.2ClH.Zr/c1-16(2)15-13-9-5-3-7-11(13)12-8-4-6-10-14(12)15;1-2-4-5-3-1;;;/h3-10,15H,1-2H3;1-3H,4H2;2*1H;/q;-1;;;+3/p-2. The van der Waals surface area contributed by atoms with Gasteiger partial charge in [0.25, 0.3) is 0 Å². The van der Waals surface area contributed by atoms with Crippen molar-refractivity contribution >= 4 is 8.80 Å². The van der Waals surface area contributed by atoms with E-state index in [9.17, 15) is 0 Å². The third-order valence-electron chi connectivity index (χ3n) is 4.00. The van der Waals surface area contributed by atoms with E-state index in [1.165, 1.54) is 11.1 Å². The van der Waals surface area contributed by atoms with E-state index < -0.39 is 0 Å². The van der Waals surface area contributed by atoms with Gasteiger partial charge in [0.05, 0.1) is 8.80 Å². The van der Waals surface area contributed by atoms with E-state index in [0.717, 1.165) is 6.42 Å². The van der Waals surface area contributed by atoms with E-state index in [1.54, 1.807) is 11.1 Å². The number of allylic oxidation sites excluding steroid dienone is 4. The van der Waals surface area contributed by atoms with Crippen molar-refractivity contribution in [3.63, 3.8) is 0 Å². The van der Waals surface area contributed by atoms with Crippen molar-refractivity contribution in [3.8, 4) is 11.1 Å². The minimum Gasteiger partial charge on any atom is -1.00 e. The maximum absolute atomic E-state index is 2.99. The number of rotatable bonds is 1. The molecule has 0 aromatic heterocycles. The molecule has 0 heterocycles. The van der Waals surface area contributed by atoms with E-state index in [4.69, 9.17) is 0 Å². The third-order valence-corrected chi connectivity index (χ3v) is 5.77. The SMILES string of the molecule is C[Si](C)C1c2ccccc2-c2ccccc21.[C-]1=CC=CC1.[Cl-].[Cl-].[Zr+3]. The van der Waals surface area contributed by atoms with Crippen molar-refractivity contribution < 1.29 is 51.0 Å². The summed E-state index contributed by atoms with van der Waals surface area (Å²) < 4.78 is 0. The summed E-state index contributed by atoms with van der Waals surface area (Å²) in [5, 5.41) is 0. The van der Waals surface area contributed by atoms with Gasteiger partial charge in [-0.2, -0.15) is 6.08 Å². The zero-order chi connectivity index (χ0) is 14.7. The van der Waals surface area contributed by atoms with Gasteiger partial charge in [-0.25, -0.2) is 12.2 Å². The van der Waals surface area contributed by atoms with Crippen molar-refractivity contribution in [2.45, 2.75) is 25.1 Å². The van der Waals surface area contributed by atoms with Crippen LogP contribution in [0, 0.1) is 6.08 Å². The Bertz CT molecular complexity index is 640. The molecule has 0 amide bonds. The van der Waals surface area contributed by atoms with Crippen LogP contribution in [-0.2, 0) is 26.2 Å². The minimum absolute atomic E-state index is 0. The zero-order valence-corrected chi connectivity index (χ0v) is 18.9. The Morgan fingerprint density at radius 1 is 0.875 bits per heavy atom. The van der Waals surface area contributed by atoms with Crippen molar-refractivity contribution in [3.05, 3.63) is 84.0 Å². The molecule has 0 unspecified atom stereocenters. The van der Waals surface area contributed by atoms with Gasteiger partial charge in [0.15, 0.2) is 0 Å². The molecule has 4 rings (SSSR count). The quantitative estimate of drug-likeness (QED) is 0.402. The summed E-state index contributed by atoms with van der Waals surface area (Å²) in [6.45, 7) is 4.82. The van der Waals surface area contributed by atoms with Crippen LogP contribution in [0.4, 0.5) is 0 Å². The Kier molecular flexibility index (Phi) is 11.1. The summed E-state index contributed by atoms with van der Waals surface area (Å²) in [4.78, 5) is 0. The van der Waals surface area contributed by atoms with Gasteiger partial charge in [-0.1, -0.05) is 61.6 Å². The topological polar surface area (TPSA) is 0 Å². The van der Waals surface area contributed by atoms with E-state index >= 15 is 0 Å². The largest absolute Gasteiger partial charge is 3.00 e. The summed E-state index contributed by atoms with van der Waals surface area (Å²) in [5.74, 6) is 0. The molecule has 24 heavy (non-hydrogen) atoms. The second kappa shape index (κ2) is 11.3. The van der Waals surface area contributed by atoms with Gasteiger partial charge in [0.2, 0.25) is 0 Å². The molecule has 0 atom stereocenters. The van der Waals surface area contributed by atoms with Crippen LogP contribution in [-0.4, -0.2) is 8.80 Å². The predicted octanol–water partition coefficient (Wildman–Crippen LogP) is -0.596. The van der Waals surface area contributed by atoms with Crippen LogP contribution in [0.5, 0.6) is 0 Å². The smallest absolute Gasteiger partial charge is 1.00 e. The molecule has 2 aromatic carbocycles. The fourth-order valence-corrected chi connectivity index (χ4v) is 4.87. The molecular formula is C20H20Cl2SiZr. The monoisotopic (exact) mass is 448 g/mol. The van der Waals surface area contributed by atoms with Crippen LogP contribution >= 0.6 is 0 Å². The van der Waals surface area contributed by atoms with Crippen molar-refractivity contribution in [2.75, 3.05) is 0 Å². The van der Waals surface area contributed by atoms with Crippen LogP contribution in [0.15, 0.2) is 66.8 Å². The number of halogens is 2. The predicted molar refractivity (Wildman–Crippen MR) is 92.8 cm³/mol. The molecule has 2 aromatic rings. The first-order chi connectivity index (χ1) is 10.3. The molecule has 2 aliphatic rings. The summed E-state index contributed by atoms with van der Waals surface area (Å²) >= 11 is 0. The number of fused-ring (bicyclic) bond motifs is 3. The Morgan fingerprint density at radius 2 is 1.38 bits per heavy atom. The molecule has 122 valence electrons. The Morgan fingerprint density at radius 3 is 1.71 bits per heavy atom. The Balaban J connectivity index is 0.000000578. The molecular weight excluding hydrogens is 430 g/mol. The average molecular weight is 451 g/mol. The molecule has 2 aliphatic carbocycles. The number of hydrogen-bond donors (Lipinski definition) is 0. The Hall–Kier alpha value is -0.400. The van der Waals surface area contributed by atoms with E-state index in [0.29, 0.717) is 5.54 Å². The minimum atomic E-state index is -0.336. The van der Waals surface area contributed by atoms with Crippen LogP contribution in [0.2, 0.25) is 13.1 Å². The molecule has 2 radical (unpaired) electrons. The van der Waals surface area contributed by atoms with Gasteiger partial charge < -0.3 is 24.8 Å². The van der Waals surface area contributed by atoms with Gasteiger partial charge >= 0.3 is 26.2 Å². The van der Waals surface area contributed by atoms with Gasteiger partial charge in [-0.3, -0.25) is 6.08 Å². The van der Waals surface area contributed by atoms with Crippen LogP contribution in [0.1, 0.15) is 23.1 Å². The first kappa shape index (κ1) is 23.6. The van der Waals surface area contributed by atoms with Crippen molar-refractivity contribution in [1.82, 2.24) is 0 Å². The summed E-state index contributed by atoms with van der Waals surface area (Å²) in [6, 6.07) is 17.8. The van der Waals surface area contributed by atoms with Crippen molar-refractivity contribution in [1.29, 1.82) is 0 Å². The van der Waals surface area contributed by atoms with Gasteiger partial charge in [-0.15, -0.1) is 6.42 Å². The molecule has 0 nitrogen and oxygen atoms in total. The first-order valence-corrected chi connectivity index (χ1v) is 10.1. The molecule has 0 spiro atoms. The molecule has 0 fully saturated rings. The summed E-state index contributed by atoms with van der Waals surface area (Å²) in [7, 11) is -0.336. The maximum atomic E-state index is 2.99. The van der Waals surface area contributed by atoms with E-state index in [1.807, 2.05) is 12.2 Å². The van der Waals surface area contributed by atoms with Crippen molar-refractivity contribution in [2.24, 2.45) is 0 Å². The molecule has 4 heteroatoms. The molecule has 0 saturated carbocycles. The molecule has 0 aliphatic heterocycles. The first-order valence-electron chi connectivity index (χ1n) is 7.49. The maximum Gasteiger partial charge on any atom is 3.00 e. The summed E-state index contributed by atoms with van der Waals surface area (Å²) in [6.07, 6.45) is 10.0. The van der Waals surface area contributed by atoms with Crippen LogP contribution in [0.25, 0.3) is 11.1 Å². The van der Waals surface area contributed by atoms with Gasteiger partial charge in [0.1, 0.15) is 0 Å².